The van der Waals surface area contributed by atoms with Gasteiger partial charge in [-0.25, -0.2) is 0 Å². The van der Waals surface area contributed by atoms with Crippen molar-refractivity contribution in [3.63, 3.8) is 0 Å². The highest BCUT2D eigenvalue weighted by Gasteiger charge is 2.56. The lowest BCUT2D eigenvalue weighted by Crippen LogP contribution is -2.45. The summed E-state index contributed by atoms with van der Waals surface area (Å²) in [5, 5.41) is 11.4. The van der Waals surface area contributed by atoms with E-state index in [-0.39, 0.29) is 40.5 Å². The number of fused-ring (bicyclic) bond motifs is 2. The van der Waals surface area contributed by atoms with E-state index in [2.05, 4.69) is 46.4 Å². The Morgan fingerprint density at radius 1 is 1.21 bits per heavy atom. The molecule has 0 unspecified atom stereocenters. The van der Waals surface area contributed by atoms with E-state index in [9.17, 15) is 9.90 Å². The van der Waals surface area contributed by atoms with Crippen molar-refractivity contribution in [3.05, 3.63) is 24.3 Å². The summed E-state index contributed by atoms with van der Waals surface area (Å²) in [7, 11) is 1.75. The summed E-state index contributed by atoms with van der Waals surface area (Å²) in [5.41, 5.74) is 0.256. The molecule has 0 aromatic rings. The minimum Gasteiger partial charge on any atom is -0.392 e. The number of rotatable bonds is 1. The number of aliphatic hydroxyl groups excluding tert-OH is 1. The molecule has 0 radical (unpaired) electrons. The van der Waals surface area contributed by atoms with Crippen molar-refractivity contribution in [2.24, 2.45) is 34.5 Å². The molecule has 134 valence electrons. The first-order chi connectivity index (χ1) is 11.1. The van der Waals surface area contributed by atoms with E-state index in [0.717, 1.165) is 6.42 Å². The Hall–Kier alpha value is -0.930. The minimum absolute atomic E-state index is 0.0869. The van der Waals surface area contributed by atoms with Gasteiger partial charge in [-0.2, -0.15) is 0 Å². The summed E-state index contributed by atoms with van der Waals surface area (Å²) in [6.07, 6.45) is 6.07. The number of carbonyl (C=O) groups excluding carboxylic acids is 1. The number of allylic oxidation sites excluding steroid dienone is 2. The van der Waals surface area contributed by atoms with Crippen molar-refractivity contribution in [1.82, 2.24) is 0 Å². The zero-order chi connectivity index (χ0) is 17.9. The van der Waals surface area contributed by atoms with Crippen LogP contribution in [0.1, 0.15) is 47.0 Å². The van der Waals surface area contributed by atoms with E-state index >= 15 is 0 Å². The van der Waals surface area contributed by atoms with Crippen LogP contribution in [-0.4, -0.2) is 30.2 Å². The lowest BCUT2D eigenvalue weighted by atomic mass is 9.63. The first-order valence-electron chi connectivity index (χ1n) is 9.24. The molecule has 3 heteroatoms. The van der Waals surface area contributed by atoms with Crippen molar-refractivity contribution < 1.29 is 14.6 Å². The second-order valence-corrected chi connectivity index (χ2v) is 9.19. The fourth-order valence-corrected chi connectivity index (χ4v) is 5.85. The summed E-state index contributed by atoms with van der Waals surface area (Å²) in [4.78, 5) is 12.8. The molecular formula is C21H32O3. The zero-order valence-corrected chi connectivity index (χ0v) is 15.7. The van der Waals surface area contributed by atoms with Crippen molar-refractivity contribution in [2.75, 3.05) is 7.11 Å². The van der Waals surface area contributed by atoms with Crippen molar-refractivity contribution in [2.45, 2.75) is 59.2 Å². The van der Waals surface area contributed by atoms with Gasteiger partial charge in [0.15, 0.2) is 5.78 Å². The molecule has 0 spiro atoms. The lowest BCUT2D eigenvalue weighted by Gasteiger charge is -2.43. The molecule has 7 atom stereocenters. The van der Waals surface area contributed by atoms with Crippen LogP contribution in [0.25, 0.3) is 0 Å². The van der Waals surface area contributed by atoms with Gasteiger partial charge in [0, 0.05) is 18.9 Å². The number of methoxy groups -OCH3 is 1. The van der Waals surface area contributed by atoms with Gasteiger partial charge in [0.25, 0.3) is 0 Å². The highest BCUT2D eigenvalue weighted by atomic mass is 16.5. The molecule has 0 heterocycles. The molecule has 0 aliphatic heterocycles. The Morgan fingerprint density at radius 2 is 1.88 bits per heavy atom. The van der Waals surface area contributed by atoms with Gasteiger partial charge in [-0.3, -0.25) is 4.79 Å². The lowest BCUT2D eigenvalue weighted by molar-refractivity contribution is -0.119. The second-order valence-electron chi connectivity index (χ2n) is 9.19. The third-order valence-corrected chi connectivity index (χ3v) is 7.28. The fraction of sp³-hybridized carbons (Fsp3) is 0.762. The third kappa shape index (κ3) is 2.52. The molecule has 24 heavy (non-hydrogen) atoms. The number of carbonyl (C=O) groups is 1. The van der Waals surface area contributed by atoms with E-state index in [0.29, 0.717) is 24.3 Å². The smallest absolute Gasteiger partial charge is 0.158 e. The predicted octanol–water partition coefficient (Wildman–Crippen LogP) is 3.77. The van der Waals surface area contributed by atoms with Crippen LogP contribution in [0.4, 0.5) is 0 Å². The molecule has 3 rings (SSSR count). The molecule has 0 saturated heterocycles. The first kappa shape index (κ1) is 17.9. The number of ketones is 1. The molecular weight excluding hydrogens is 300 g/mol. The van der Waals surface area contributed by atoms with Crippen LogP contribution in [0, 0.1) is 34.5 Å². The van der Waals surface area contributed by atoms with Gasteiger partial charge in [-0.15, -0.1) is 0 Å². The van der Waals surface area contributed by atoms with E-state index < -0.39 is 6.10 Å². The topological polar surface area (TPSA) is 46.5 Å². The Morgan fingerprint density at radius 3 is 2.50 bits per heavy atom. The fourth-order valence-electron chi connectivity index (χ4n) is 5.85. The summed E-state index contributed by atoms with van der Waals surface area (Å²) in [5.74, 6) is 0.982. The van der Waals surface area contributed by atoms with Gasteiger partial charge in [-0.05, 0) is 47.5 Å². The van der Waals surface area contributed by atoms with Gasteiger partial charge >= 0.3 is 0 Å². The van der Waals surface area contributed by atoms with Crippen LogP contribution in [0.15, 0.2) is 24.3 Å². The number of hydrogen-bond acceptors (Lipinski definition) is 3. The van der Waals surface area contributed by atoms with Gasteiger partial charge < -0.3 is 9.84 Å². The normalized spacial score (nSPS) is 47.8. The number of hydrogen-bond donors (Lipinski definition) is 1. The molecule has 1 N–H and O–H groups in total. The average molecular weight is 332 g/mol. The molecule has 3 aliphatic carbocycles. The molecule has 3 nitrogen and oxygen atoms in total. The quantitative estimate of drug-likeness (QED) is 0.587. The summed E-state index contributed by atoms with van der Waals surface area (Å²) >= 11 is 0. The van der Waals surface area contributed by atoms with Crippen LogP contribution in [-0.2, 0) is 9.53 Å². The van der Waals surface area contributed by atoms with Gasteiger partial charge in [0.05, 0.1) is 12.2 Å². The van der Waals surface area contributed by atoms with Crippen molar-refractivity contribution >= 4 is 5.78 Å². The summed E-state index contributed by atoms with van der Waals surface area (Å²) in [6, 6.07) is 0. The molecule has 2 fully saturated rings. The largest absolute Gasteiger partial charge is 0.392 e. The first-order valence-corrected chi connectivity index (χ1v) is 9.24. The Labute approximate surface area is 146 Å². The molecule has 2 saturated carbocycles. The standard InChI is InChI=1S/C21H32O3/c1-12-9-14-15(10-13(2)18(14)24-6)19(23)21(5)8-7-20(3,4)17(21)11-16(12)22/h7-8,13-15,17-19,23H,1,9-11H2,2-6H3/t13-,14+,15+,17+,18+,19+,21-/m1/s1. The van der Waals surface area contributed by atoms with Gasteiger partial charge in [0.1, 0.15) is 0 Å². The van der Waals surface area contributed by atoms with Crippen LogP contribution >= 0.6 is 0 Å². The SMILES string of the molecule is C=C1C[C@H]2[C@H](C[C@@H](C)[C@@H]2OC)[C@H](O)[C@]2(C)C=CC(C)(C)[C@@H]2CC1=O. The second kappa shape index (κ2) is 5.81. The molecule has 0 bridgehead atoms. The minimum atomic E-state index is -0.452. The Kier molecular flexibility index (Phi) is 4.33. The molecule has 0 amide bonds. The maximum absolute atomic E-state index is 12.8. The van der Waals surface area contributed by atoms with Crippen LogP contribution in [0.3, 0.4) is 0 Å². The molecule has 0 aromatic carbocycles. The molecule has 0 aromatic heterocycles. The summed E-state index contributed by atoms with van der Waals surface area (Å²) < 4.78 is 5.77. The number of Topliss-reactive ketones (excluding diaryl/α,β-unsaturated/α-hetero) is 1. The zero-order valence-electron chi connectivity index (χ0n) is 15.7. The maximum Gasteiger partial charge on any atom is 0.158 e. The van der Waals surface area contributed by atoms with E-state index in [1.165, 1.54) is 0 Å². The molecule has 3 aliphatic rings. The van der Waals surface area contributed by atoms with E-state index in [1.54, 1.807) is 7.11 Å². The Balaban J connectivity index is 2.06. The number of aliphatic hydroxyl groups is 1. The number of ether oxygens (including phenoxy) is 1. The maximum atomic E-state index is 12.8. The monoisotopic (exact) mass is 332 g/mol. The van der Waals surface area contributed by atoms with Crippen LogP contribution in [0.2, 0.25) is 0 Å². The Bertz CT molecular complexity index is 576. The van der Waals surface area contributed by atoms with Gasteiger partial charge in [-0.1, -0.05) is 46.4 Å². The highest BCUT2D eigenvalue weighted by molar-refractivity contribution is 5.95. The van der Waals surface area contributed by atoms with Crippen molar-refractivity contribution in [1.29, 1.82) is 0 Å². The average Bonchev–Trinajstić information content (AvgIpc) is 2.95. The van der Waals surface area contributed by atoms with Gasteiger partial charge in [0.2, 0.25) is 0 Å². The third-order valence-electron chi connectivity index (χ3n) is 7.28. The van der Waals surface area contributed by atoms with E-state index in [1.807, 2.05) is 0 Å². The van der Waals surface area contributed by atoms with Crippen LogP contribution < -0.4 is 0 Å². The van der Waals surface area contributed by atoms with Crippen molar-refractivity contribution in [3.8, 4) is 0 Å². The summed E-state index contributed by atoms with van der Waals surface area (Å²) in [6.45, 7) is 12.8. The van der Waals surface area contributed by atoms with Crippen LogP contribution in [0.5, 0.6) is 0 Å². The van der Waals surface area contributed by atoms with E-state index in [4.69, 9.17) is 4.74 Å². The predicted molar refractivity (Wildman–Crippen MR) is 95.5 cm³/mol. The highest BCUT2D eigenvalue weighted by Crippen LogP contribution is 2.57.